The van der Waals surface area contributed by atoms with Crippen LogP contribution in [0, 0.1) is 0 Å². The molecule has 0 saturated heterocycles. The summed E-state index contributed by atoms with van der Waals surface area (Å²) in [6.07, 6.45) is 3.07. The Kier molecular flexibility index (Phi) is 5.76. The van der Waals surface area contributed by atoms with Crippen molar-refractivity contribution in [1.82, 2.24) is 4.98 Å². The largest absolute Gasteiger partial charge is 0.326 e. The zero-order chi connectivity index (χ0) is 19.9. The first-order valence-corrected chi connectivity index (χ1v) is 8.52. The number of nitrogens with zero attached hydrogens (tertiary/aromatic N) is 1. The van der Waals surface area contributed by atoms with Gasteiger partial charge in [0.25, 0.3) is 11.8 Å². The molecule has 7 nitrogen and oxygen atoms in total. The van der Waals surface area contributed by atoms with E-state index in [-0.39, 0.29) is 17.7 Å². The maximum atomic E-state index is 12.5. The average Bonchev–Trinajstić information content (AvgIpc) is 2.68. The van der Waals surface area contributed by atoms with Gasteiger partial charge in [0.15, 0.2) is 0 Å². The molecule has 0 aliphatic heterocycles. The minimum Gasteiger partial charge on any atom is -0.326 e. The van der Waals surface area contributed by atoms with Gasteiger partial charge in [0.2, 0.25) is 5.91 Å². The molecule has 0 saturated carbocycles. The predicted molar refractivity (Wildman–Crippen MR) is 107 cm³/mol. The number of hydrogen-bond donors (Lipinski definition) is 3. The van der Waals surface area contributed by atoms with Gasteiger partial charge in [-0.05, 0) is 48.5 Å². The second-order valence-electron chi connectivity index (χ2n) is 5.99. The van der Waals surface area contributed by atoms with E-state index in [1.807, 2.05) is 0 Å². The van der Waals surface area contributed by atoms with Crippen LogP contribution in [0.1, 0.15) is 27.6 Å². The molecule has 0 bridgehead atoms. The second kappa shape index (κ2) is 8.59. The summed E-state index contributed by atoms with van der Waals surface area (Å²) in [5.41, 5.74) is 2.44. The lowest BCUT2D eigenvalue weighted by molar-refractivity contribution is -0.114. The van der Waals surface area contributed by atoms with Gasteiger partial charge in [-0.3, -0.25) is 19.4 Å². The fourth-order valence-electron chi connectivity index (χ4n) is 2.52. The van der Waals surface area contributed by atoms with Crippen LogP contribution in [-0.4, -0.2) is 22.7 Å². The number of amides is 3. The van der Waals surface area contributed by atoms with E-state index in [2.05, 4.69) is 20.9 Å². The van der Waals surface area contributed by atoms with E-state index in [1.165, 1.54) is 13.1 Å². The van der Waals surface area contributed by atoms with Crippen LogP contribution in [0.2, 0.25) is 0 Å². The summed E-state index contributed by atoms with van der Waals surface area (Å²) in [7, 11) is 0. The van der Waals surface area contributed by atoms with Gasteiger partial charge in [-0.1, -0.05) is 12.1 Å². The summed E-state index contributed by atoms with van der Waals surface area (Å²) in [6.45, 7) is 1.40. The lowest BCUT2D eigenvalue weighted by Crippen LogP contribution is -2.14. The fraction of sp³-hybridized carbons (Fsp3) is 0.0476. The molecule has 3 amide bonds. The normalized spacial score (nSPS) is 10.0. The van der Waals surface area contributed by atoms with Crippen LogP contribution in [0.15, 0.2) is 73.1 Å². The number of hydrogen-bond acceptors (Lipinski definition) is 4. The Labute approximate surface area is 161 Å². The monoisotopic (exact) mass is 374 g/mol. The van der Waals surface area contributed by atoms with Crippen LogP contribution in [0.25, 0.3) is 0 Å². The summed E-state index contributed by atoms with van der Waals surface area (Å²) in [4.78, 5) is 39.8. The highest BCUT2D eigenvalue weighted by molar-refractivity contribution is 6.07. The second-order valence-corrected chi connectivity index (χ2v) is 5.99. The highest BCUT2D eigenvalue weighted by Gasteiger charge is 2.09. The summed E-state index contributed by atoms with van der Waals surface area (Å²) in [6, 6.07) is 16.8. The van der Waals surface area contributed by atoms with Crippen molar-refractivity contribution in [3.8, 4) is 0 Å². The Morgan fingerprint density at radius 2 is 1.29 bits per heavy atom. The fourth-order valence-corrected chi connectivity index (χ4v) is 2.52. The molecule has 0 fully saturated rings. The Morgan fingerprint density at radius 1 is 0.714 bits per heavy atom. The Balaban J connectivity index is 1.70. The minimum absolute atomic E-state index is 0.213. The number of anilines is 3. The molecule has 1 heterocycles. The van der Waals surface area contributed by atoms with E-state index in [1.54, 1.807) is 66.9 Å². The molecular weight excluding hydrogens is 356 g/mol. The predicted octanol–water partition coefficient (Wildman–Crippen LogP) is 3.54. The lowest BCUT2D eigenvalue weighted by Gasteiger charge is -2.10. The van der Waals surface area contributed by atoms with E-state index >= 15 is 0 Å². The number of carbonyl (C=O) groups is 3. The van der Waals surface area contributed by atoms with Crippen LogP contribution < -0.4 is 16.0 Å². The first-order valence-electron chi connectivity index (χ1n) is 8.52. The third kappa shape index (κ3) is 5.01. The van der Waals surface area contributed by atoms with Gasteiger partial charge >= 0.3 is 0 Å². The van der Waals surface area contributed by atoms with Gasteiger partial charge in [-0.15, -0.1) is 0 Å². The first kappa shape index (κ1) is 18.8. The molecule has 0 aliphatic carbocycles. The molecule has 7 heteroatoms. The van der Waals surface area contributed by atoms with Gasteiger partial charge in [-0.2, -0.15) is 0 Å². The summed E-state index contributed by atoms with van der Waals surface area (Å²) < 4.78 is 0. The number of pyridine rings is 1. The summed E-state index contributed by atoms with van der Waals surface area (Å²) in [5.74, 6) is -0.836. The van der Waals surface area contributed by atoms with Gasteiger partial charge in [-0.25, -0.2) is 0 Å². The molecule has 0 aliphatic rings. The van der Waals surface area contributed by atoms with E-state index in [0.717, 1.165) is 0 Å². The minimum atomic E-state index is -0.331. The maximum Gasteiger partial charge on any atom is 0.257 e. The molecule has 28 heavy (non-hydrogen) atoms. The zero-order valence-electron chi connectivity index (χ0n) is 15.1. The molecule has 1 aromatic heterocycles. The van der Waals surface area contributed by atoms with Crippen molar-refractivity contribution in [2.45, 2.75) is 6.92 Å². The molecule has 140 valence electrons. The van der Waals surface area contributed by atoms with Crippen molar-refractivity contribution in [2.75, 3.05) is 16.0 Å². The van der Waals surface area contributed by atoms with E-state index in [9.17, 15) is 14.4 Å². The van der Waals surface area contributed by atoms with Gasteiger partial charge in [0.1, 0.15) is 0 Å². The maximum absolute atomic E-state index is 12.5. The van der Waals surface area contributed by atoms with Gasteiger partial charge in [0.05, 0.1) is 5.56 Å². The average molecular weight is 374 g/mol. The smallest absolute Gasteiger partial charge is 0.257 e. The SMILES string of the molecule is CC(=O)Nc1cccc(C(=O)Nc2cccc(NC(=O)c3cccnc3)c2)c1. The Bertz CT molecular complexity index is 1020. The highest BCUT2D eigenvalue weighted by Crippen LogP contribution is 2.18. The number of carbonyl (C=O) groups excluding carboxylic acids is 3. The molecule has 0 unspecified atom stereocenters. The quantitative estimate of drug-likeness (QED) is 0.636. The Hall–Kier alpha value is -4.00. The topological polar surface area (TPSA) is 100 Å². The standard InChI is InChI=1S/C21H18N4O3/c1-14(26)23-17-7-2-5-15(11-17)20(27)24-18-8-3-9-19(12-18)25-21(28)16-6-4-10-22-13-16/h2-13H,1H3,(H,23,26)(H,24,27)(H,25,28). The van der Waals surface area contributed by atoms with Gasteiger partial charge < -0.3 is 16.0 Å². The Morgan fingerprint density at radius 3 is 1.89 bits per heavy atom. The zero-order valence-corrected chi connectivity index (χ0v) is 15.1. The van der Waals surface area contributed by atoms with Crippen molar-refractivity contribution in [3.63, 3.8) is 0 Å². The molecule has 0 spiro atoms. The van der Waals surface area contributed by atoms with E-state index in [4.69, 9.17) is 0 Å². The number of benzene rings is 2. The van der Waals surface area contributed by atoms with Crippen LogP contribution in [0.3, 0.4) is 0 Å². The van der Waals surface area contributed by atoms with Crippen LogP contribution in [0.5, 0.6) is 0 Å². The summed E-state index contributed by atoms with van der Waals surface area (Å²) in [5, 5.41) is 8.18. The van der Waals surface area contributed by atoms with Crippen LogP contribution in [0.4, 0.5) is 17.1 Å². The van der Waals surface area contributed by atoms with Crippen molar-refractivity contribution in [2.24, 2.45) is 0 Å². The molecule has 3 N–H and O–H groups in total. The first-order chi connectivity index (χ1) is 13.5. The van der Waals surface area contributed by atoms with Crippen molar-refractivity contribution >= 4 is 34.8 Å². The van der Waals surface area contributed by atoms with Crippen LogP contribution >= 0.6 is 0 Å². The molecular formula is C21H18N4O3. The number of aromatic nitrogens is 1. The lowest BCUT2D eigenvalue weighted by atomic mass is 10.1. The third-order valence-corrected chi connectivity index (χ3v) is 3.75. The van der Waals surface area contributed by atoms with Crippen LogP contribution in [-0.2, 0) is 4.79 Å². The molecule has 3 rings (SSSR count). The number of rotatable bonds is 5. The summed E-state index contributed by atoms with van der Waals surface area (Å²) >= 11 is 0. The molecule has 2 aromatic carbocycles. The molecule has 0 radical (unpaired) electrons. The van der Waals surface area contributed by atoms with Crippen molar-refractivity contribution < 1.29 is 14.4 Å². The number of nitrogens with one attached hydrogen (secondary N) is 3. The van der Waals surface area contributed by atoms with Gasteiger partial charge in [0, 0.05) is 41.9 Å². The highest BCUT2D eigenvalue weighted by atomic mass is 16.2. The molecule has 0 atom stereocenters. The van der Waals surface area contributed by atoms with Crippen molar-refractivity contribution in [3.05, 3.63) is 84.2 Å². The third-order valence-electron chi connectivity index (χ3n) is 3.75. The van der Waals surface area contributed by atoms with E-state index in [0.29, 0.717) is 28.2 Å². The molecule has 3 aromatic rings. The van der Waals surface area contributed by atoms with Crippen molar-refractivity contribution in [1.29, 1.82) is 0 Å². The van der Waals surface area contributed by atoms with E-state index < -0.39 is 0 Å².